The Morgan fingerprint density at radius 3 is 3.08 bits per heavy atom. The van der Waals surface area contributed by atoms with Gasteiger partial charge in [0.25, 0.3) is 0 Å². The van der Waals surface area contributed by atoms with E-state index in [-0.39, 0.29) is 0 Å². The van der Waals surface area contributed by atoms with Crippen LogP contribution >= 0.6 is 0 Å². The quantitative estimate of drug-likeness (QED) is 0.726. The molecule has 4 heteroatoms. The number of rotatable bonds is 4. The van der Waals surface area contributed by atoms with E-state index in [1.165, 1.54) is 0 Å². The third-order valence-corrected chi connectivity index (χ3v) is 1.39. The lowest BCUT2D eigenvalue weighted by Gasteiger charge is -1.87. The largest absolute Gasteiger partial charge is 0.339 e. The van der Waals surface area contributed by atoms with E-state index in [0.29, 0.717) is 18.3 Å². The average Bonchev–Trinajstić information content (AvgIpc) is 2.50. The van der Waals surface area contributed by atoms with Gasteiger partial charge >= 0.3 is 0 Å². The molecule has 1 heterocycles. The number of hydrogen-bond acceptors (Lipinski definition) is 4. The molecule has 4 nitrogen and oxygen atoms in total. The first kappa shape index (κ1) is 8.93. The van der Waals surface area contributed by atoms with Crippen LogP contribution in [0.15, 0.2) is 10.6 Å². The van der Waals surface area contributed by atoms with Gasteiger partial charge in [0.05, 0.1) is 0 Å². The first-order chi connectivity index (χ1) is 5.86. The highest BCUT2D eigenvalue weighted by molar-refractivity contribution is 5.37. The van der Waals surface area contributed by atoms with Crippen LogP contribution in [0, 0.1) is 0 Å². The lowest BCUT2D eigenvalue weighted by Crippen LogP contribution is -2.00. The number of allylic oxidation sites excluding steroid dienone is 1. The minimum atomic E-state index is 0.629. The van der Waals surface area contributed by atoms with Crippen molar-refractivity contribution >= 4 is 6.08 Å². The molecular weight excluding hydrogens is 154 g/mol. The summed E-state index contributed by atoms with van der Waals surface area (Å²) in [7, 11) is 0. The standard InChI is InChI=1S/C8H13N3O/c1-2-4-7-10-8(12-11-7)5-3-6-9/h2,4H,3,5-6,9H2,1H3/b4-2+. The number of aromatic nitrogens is 2. The van der Waals surface area contributed by atoms with E-state index in [0.717, 1.165) is 12.8 Å². The molecule has 1 rings (SSSR count). The molecule has 0 radical (unpaired) electrons. The van der Waals surface area contributed by atoms with Crippen LogP contribution in [-0.2, 0) is 6.42 Å². The predicted octanol–water partition coefficient (Wildman–Crippen LogP) is 0.994. The second-order valence-electron chi connectivity index (χ2n) is 2.44. The molecule has 0 aromatic carbocycles. The van der Waals surface area contributed by atoms with E-state index in [2.05, 4.69) is 10.1 Å². The van der Waals surface area contributed by atoms with Crippen LogP contribution in [0.5, 0.6) is 0 Å². The van der Waals surface area contributed by atoms with E-state index in [1.807, 2.05) is 13.0 Å². The fraction of sp³-hybridized carbons (Fsp3) is 0.500. The molecule has 0 aliphatic carbocycles. The van der Waals surface area contributed by atoms with Gasteiger partial charge in [-0.3, -0.25) is 0 Å². The van der Waals surface area contributed by atoms with E-state index in [1.54, 1.807) is 6.08 Å². The third-order valence-electron chi connectivity index (χ3n) is 1.39. The molecule has 0 saturated carbocycles. The molecule has 0 unspecified atom stereocenters. The molecule has 1 aromatic rings. The minimum absolute atomic E-state index is 0.629. The van der Waals surface area contributed by atoms with Gasteiger partial charge in [-0.1, -0.05) is 11.2 Å². The average molecular weight is 167 g/mol. The van der Waals surface area contributed by atoms with Crippen molar-refractivity contribution in [2.75, 3.05) is 6.54 Å². The van der Waals surface area contributed by atoms with E-state index in [4.69, 9.17) is 10.3 Å². The molecule has 2 N–H and O–H groups in total. The van der Waals surface area contributed by atoms with Gasteiger partial charge in [-0.05, 0) is 26.0 Å². The molecule has 0 saturated heterocycles. The zero-order chi connectivity index (χ0) is 8.81. The molecule has 12 heavy (non-hydrogen) atoms. The summed E-state index contributed by atoms with van der Waals surface area (Å²) in [6.07, 6.45) is 5.32. The molecule has 0 aliphatic heterocycles. The Balaban J connectivity index is 2.52. The lowest BCUT2D eigenvalue weighted by molar-refractivity contribution is 0.374. The first-order valence-corrected chi connectivity index (χ1v) is 4.02. The van der Waals surface area contributed by atoms with Crippen molar-refractivity contribution in [3.63, 3.8) is 0 Å². The van der Waals surface area contributed by atoms with Crippen molar-refractivity contribution in [1.82, 2.24) is 10.1 Å². The van der Waals surface area contributed by atoms with E-state index in [9.17, 15) is 0 Å². The smallest absolute Gasteiger partial charge is 0.226 e. The number of hydrogen-bond donors (Lipinski definition) is 1. The summed E-state index contributed by atoms with van der Waals surface area (Å²) in [4.78, 5) is 4.12. The second kappa shape index (κ2) is 4.66. The van der Waals surface area contributed by atoms with Crippen LogP contribution in [0.4, 0.5) is 0 Å². The Morgan fingerprint density at radius 2 is 2.42 bits per heavy atom. The third kappa shape index (κ3) is 2.47. The second-order valence-corrected chi connectivity index (χ2v) is 2.44. The molecule has 0 amide bonds. The molecule has 66 valence electrons. The maximum Gasteiger partial charge on any atom is 0.226 e. The summed E-state index contributed by atoms with van der Waals surface area (Å²) in [6.45, 7) is 2.57. The summed E-state index contributed by atoms with van der Waals surface area (Å²) in [6, 6.07) is 0. The topological polar surface area (TPSA) is 64.9 Å². The molecule has 0 bridgehead atoms. The summed E-state index contributed by atoms with van der Waals surface area (Å²) >= 11 is 0. The summed E-state index contributed by atoms with van der Waals surface area (Å²) in [5, 5.41) is 3.75. The van der Waals surface area contributed by atoms with Crippen LogP contribution in [-0.4, -0.2) is 16.7 Å². The summed E-state index contributed by atoms with van der Waals surface area (Å²) in [5.41, 5.74) is 5.34. The molecule has 1 aromatic heterocycles. The molecule has 0 fully saturated rings. The zero-order valence-corrected chi connectivity index (χ0v) is 7.16. The van der Waals surface area contributed by atoms with Gasteiger partial charge in [0, 0.05) is 6.42 Å². The van der Waals surface area contributed by atoms with Gasteiger partial charge in [-0.2, -0.15) is 4.98 Å². The van der Waals surface area contributed by atoms with Crippen molar-refractivity contribution in [3.05, 3.63) is 17.8 Å². The molecule has 0 spiro atoms. The van der Waals surface area contributed by atoms with Crippen molar-refractivity contribution < 1.29 is 4.52 Å². The Kier molecular flexibility index (Phi) is 3.47. The van der Waals surface area contributed by atoms with Gasteiger partial charge in [-0.25, -0.2) is 0 Å². The fourth-order valence-corrected chi connectivity index (χ4v) is 0.840. The van der Waals surface area contributed by atoms with E-state index >= 15 is 0 Å². The maximum atomic E-state index is 5.34. The van der Waals surface area contributed by atoms with Gasteiger partial charge in [0.1, 0.15) is 0 Å². The lowest BCUT2D eigenvalue weighted by atomic mass is 10.3. The number of aryl methyl sites for hydroxylation is 1. The van der Waals surface area contributed by atoms with Gasteiger partial charge in [-0.15, -0.1) is 0 Å². The Hall–Kier alpha value is -1.16. The van der Waals surface area contributed by atoms with Crippen LogP contribution in [0.2, 0.25) is 0 Å². The van der Waals surface area contributed by atoms with Crippen molar-refractivity contribution in [2.24, 2.45) is 5.73 Å². The highest BCUT2D eigenvalue weighted by atomic mass is 16.5. The minimum Gasteiger partial charge on any atom is -0.339 e. The van der Waals surface area contributed by atoms with Crippen molar-refractivity contribution in [1.29, 1.82) is 0 Å². The Labute approximate surface area is 71.5 Å². The Morgan fingerprint density at radius 1 is 1.58 bits per heavy atom. The van der Waals surface area contributed by atoms with Crippen LogP contribution in [0.1, 0.15) is 25.1 Å². The molecular formula is C8H13N3O. The first-order valence-electron chi connectivity index (χ1n) is 4.02. The molecule has 0 aliphatic rings. The van der Waals surface area contributed by atoms with Crippen molar-refractivity contribution in [2.45, 2.75) is 19.8 Å². The summed E-state index contributed by atoms with van der Waals surface area (Å²) < 4.78 is 4.95. The fourth-order valence-electron chi connectivity index (χ4n) is 0.840. The SMILES string of the molecule is C/C=C/c1noc(CCCN)n1. The molecule has 0 atom stereocenters. The van der Waals surface area contributed by atoms with Crippen LogP contribution in [0.25, 0.3) is 6.08 Å². The highest BCUT2D eigenvalue weighted by Gasteiger charge is 2.01. The van der Waals surface area contributed by atoms with Gasteiger partial charge in [0.15, 0.2) is 5.82 Å². The predicted molar refractivity (Wildman–Crippen MR) is 46.4 cm³/mol. The van der Waals surface area contributed by atoms with E-state index < -0.39 is 0 Å². The van der Waals surface area contributed by atoms with Crippen molar-refractivity contribution in [3.8, 4) is 0 Å². The van der Waals surface area contributed by atoms with Gasteiger partial charge in [0.2, 0.25) is 5.89 Å². The van der Waals surface area contributed by atoms with Gasteiger partial charge < -0.3 is 10.3 Å². The normalized spacial score (nSPS) is 11.2. The summed E-state index contributed by atoms with van der Waals surface area (Å²) in [5.74, 6) is 1.29. The zero-order valence-electron chi connectivity index (χ0n) is 7.16. The number of nitrogens with two attached hydrogens (primary N) is 1. The van der Waals surface area contributed by atoms with Crippen LogP contribution < -0.4 is 5.73 Å². The Bertz CT molecular complexity index is 255. The highest BCUT2D eigenvalue weighted by Crippen LogP contribution is 2.01. The monoisotopic (exact) mass is 167 g/mol. The van der Waals surface area contributed by atoms with Crippen LogP contribution in [0.3, 0.4) is 0 Å². The maximum absolute atomic E-state index is 5.34. The number of nitrogens with zero attached hydrogens (tertiary/aromatic N) is 2.